The molecule has 0 amide bonds. The first-order valence-corrected chi connectivity index (χ1v) is 8.01. The predicted octanol–water partition coefficient (Wildman–Crippen LogP) is 4.81. The molecule has 1 heterocycles. The van der Waals surface area contributed by atoms with Gasteiger partial charge >= 0.3 is 0 Å². The summed E-state index contributed by atoms with van der Waals surface area (Å²) in [5.41, 5.74) is 1.11. The average Bonchev–Trinajstić information content (AvgIpc) is 2.29. The van der Waals surface area contributed by atoms with Crippen LogP contribution in [0, 0.1) is 5.92 Å². The lowest BCUT2D eigenvalue weighted by molar-refractivity contribution is 0.0595. The highest BCUT2D eigenvalue weighted by Crippen LogP contribution is 2.34. The molecule has 0 aromatic heterocycles. The van der Waals surface area contributed by atoms with Crippen molar-refractivity contribution in [2.45, 2.75) is 12.8 Å². The molecule has 1 N–H and O–H groups in total. The lowest BCUT2D eigenvalue weighted by atomic mass is 10.0. The minimum atomic E-state index is 0.617. The van der Waals surface area contributed by atoms with Gasteiger partial charge in [-0.3, -0.25) is 0 Å². The third-order valence-electron chi connectivity index (χ3n) is 2.83. The summed E-state index contributed by atoms with van der Waals surface area (Å²) in [6.07, 6.45) is 2.42. The Hall–Kier alpha value is 0.420. The van der Waals surface area contributed by atoms with Crippen LogP contribution in [0.3, 0.4) is 0 Å². The summed E-state index contributed by atoms with van der Waals surface area (Å²) in [6.45, 7) is 2.75. The van der Waals surface area contributed by atoms with Crippen molar-refractivity contribution < 1.29 is 4.74 Å². The fourth-order valence-electron chi connectivity index (χ4n) is 1.93. The Kier molecular flexibility index (Phi) is 5.33. The number of hydrogen-bond acceptors (Lipinski definition) is 2. The van der Waals surface area contributed by atoms with E-state index in [1.54, 1.807) is 0 Å². The van der Waals surface area contributed by atoms with Crippen molar-refractivity contribution in [2.24, 2.45) is 5.92 Å². The van der Waals surface area contributed by atoms with Gasteiger partial charge in [0.15, 0.2) is 0 Å². The molecule has 2 nitrogen and oxygen atoms in total. The Morgan fingerprint density at radius 3 is 2.53 bits per heavy atom. The van der Waals surface area contributed by atoms with Crippen LogP contribution in [-0.4, -0.2) is 19.8 Å². The van der Waals surface area contributed by atoms with E-state index in [1.807, 2.05) is 12.1 Å². The van der Waals surface area contributed by atoms with Gasteiger partial charge in [0, 0.05) is 26.6 Å². The zero-order valence-corrected chi connectivity index (χ0v) is 14.1. The van der Waals surface area contributed by atoms with Crippen molar-refractivity contribution in [1.29, 1.82) is 0 Å². The van der Waals surface area contributed by atoms with E-state index in [0.717, 1.165) is 38.9 Å². The van der Waals surface area contributed by atoms with Gasteiger partial charge < -0.3 is 10.1 Å². The molecule has 17 heavy (non-hydrogen) atoms. The molecular formula is C12H14Br3NO. The van der Waals surface area contributed by atoms with Gasteiger partial charge in [-0.1, -0.05) is 15.9 Å². The molecule has 0 spiro atoms. The van der Waals surface area contributed by atoms with Crippen molar-refractivity contribution in [2.75, 3.05) is 25.1 Å². The highest BCUT2D eigenvalue weighted by atomic mass is 79.9. The quantitative estimate of drug-likeness (QED) is 0.747. The van der Waals surface area contributed by atoms with Crippen molar-refractivity contribution in [3.05, 3.63) is 25.6 Å². The Balaban J connectivity index is 1.98. The molecule has 1 aromatic carbocycles. The molecule has 0 bridgehead atoms. The summed E-state index contributed by atoms with van der Waals surface area (Å²) in [4.78, 5) is 0. The van der Waals surface area contributed by atoms with E-state index in [9.17, 15) is 0 Å². The van der Waals surface area contributed by atoms with E-state index in [2.05, 4.69) is 53.1 Å². The molecule has 2 rings (SSSR count). The molecule has 1 fully saturated rings. The predicted molar refractivity (Wildman–Crippen MR) is 81.6 cm³/mol. The van der Waals surface area contributed by atoms with Crippen molar-refractivity contribution in [3.8, 4) is 0 Å². The van der Waals surface area contributed by atoms with Gasteiger partial charge in [0.2, 0.25) is 0 Å². The van der Waals surface area contributed by atoms with Gasteiger partial charge in [-0.25, -0.2) is 0 Å². The molecule has 94 valence electrons. The monoisotopic (exact) mass is 425 g/mol. The highest BCUT2D eigenvalue weighted by Gasteiger charge is 2.15. The molecule has 5 heteroatoms. The number of halogens is 3. The summed E-state index contributed by atoms with van der Waals surface area (Å²) in [5.74, 6) is 0.617. The second-order valence-electron chi connectivity index (χ2n) is 4.21. The van der Waals surface area contributed by atoms with E-state index in [-0.39, 0.29) is 0 Å². The van der Waals surface area contributed by atoms with Crippen LogP contribution in [0.1, 0.15) is 12.8 Å². The molecule has 1 atom stereocenters. The minimum Gasteiger partial charge on any atom is -0.383 e. The molecule has 0 saturated carbocycles. The van der Waals surface area contributed by atoms with Gasteiger partial charge in [-0.15, -0.1) is 0 Å². The first-order valence-electron chi connectivity index (χ1n) is 5.63. The van der Waals surface area contributed by atoms with Crippen molar-refractivity contribution in [1.82, 2.24) is 0 Å². The van der Waals surface area contributed by atoms with Crippen LogP contribution < -0.4 is 5.32 Å². The molecule has 1 saturated heterocycles. The van der Waals surface area contributed by atoms with E-state index in [4.69, 9.17) is 4.74 Å². The van der Waals surface area contributed by atoms with Gasteiger partial charge in [0.1, 0.15) is 0 Å². The summed E-state index contributed by atoms with van der Waals surface area (Å²) in [6, 6.07) is 4.09. The van der Waals surface area contributed by atoms with E-state index in [1.165, 1.54) is 12.8 Å². The van der Waals surface area contributed by atoms with Gasteiger partial charge in [0.25, 0.3) is 0 Å². The highest BCUT2D eigenvalue weighted by molar-refractivity contribution is 9.11. The third-order valence-corrected chi connectivity index (χ3v) is 4.54. The largest absolute Gasteiger partial charge is 0.383 e. The summed E-state index contributed by atoms with van der Waals surface area (Å²) >= 11 is 10.6. The number of anilines is 1. The number of benzene rings is 1. The number of nitrogens with one attached hydrogen (secondary N) is 1. The van der Waals surface area contributed by atoms with Crippen LogP contribution in [0.2, 0.25) is 0 Å². The molecule has 0 aliphatic carbocycles. The molecular weight excluding hydrogens is 414 g/mol. The fourth-order valence-corrected chi connectivity index (χ4v) is 4.46. The van der Waals surface area contributed by atoms with Crippen LogP contribution in [0.5, 0.6) is 0 Å². The van der Waals surface area contributed by atoms with Crippen LogP contribution in [-0.2, 0) is 4.74 Å². The third kappa shape index (κ3) is 3.94. The van der Waals surface area contributed by atoms with Crippen molar-refractivity contribution in [3.63, 3.8) is 0 Å². The van der Waals surface area contributed by atoms with E-state index in [0.29, 0.717) is 5.92 Å². The molecule has 1 aliphatic rings. The second kappa shape index (κ2) is 6.55. The Bertz CT molecular complexity index is 368. The maximum atomic E-state index is 5.48. The lowest BCUT2D eigenvalue weighted by Crippen LogP contribution is -2.24. The SMILES string of the molecule is Brc1cc(Br)c(NCC2CCCOC2)c(Br)c1. The van der Waals surface area contributed by atoms with Crippen molar-refractivity contribution >= 4 is 53.5 Å². The fraction of sp³-hybridized carbons (Fsp3) is 0.500. The molecule has 1 aromatic rings. The van der Waals surface area contributed by atoms with E-state index >= 15 is 0 Å². The number of hydrogen-bond donors (Lipinski definition) is 1. The standard InChI is InChI=1S/C12H14Br3NO/c13-9-4-10(14)12(11(15)5-9)16-6-8-2-1-3-17-7-8/h4-5,8,16H,1-3,6-7H2. The normalized spacial score (nSPS) is 20.3. The summed E-state index contributed by atoms with van der Waals surface area (Å²) in [5, 5.41) is 3.48. The second-order valence-corrected chi connectivity index (χ2v) is 6.83. The Labute approximate surface area is 127 Å². The Morgan fingerprint density at radius 2 is 1.94 bits per heavy atom. The first-order chi connectivity index (χ1) is 8.16. The first kappa shape index (κ1) is 13.8. The molecule has 0 radical (unpaired) electrons. The maximum Gasteiger partial charge on any atom is 0.0629 e. The van der Waals surface area contributed by atoms with E-state index < -0.39 is 0 Å². The minimum absolute atomic E-state index is 0.617. The number of ether oxygens (including phenoxy) is 1. The smallest absolute Gasteiger partial charge is 0.0629 e. The molecule has 1 unspecified atom stereocenters. The zero-order valence-electron chi connectivity index (χ0n) is 9.31. The number of rotatable bonds is 3. The topological polar surface area (TPSA) is 21.3 Å². The van der Waals surface area contributed by atoms with Gasteiger partial charge in [0.05, 0.1) is 12.3 Å². The van der Waals surface area contributed by atoms with Crippen LogP contribution >= 0.6 is 47.8 Å². The summed E-state index contributed by atoms with van der Waals surface area (Å²) < 4.78 is 8.67. The van der Waals surface area contributed by atoms with Crippen LogP contribution in [0.4, 0.5) is 5.69 Å². The average molecular weight is 428 g/mol. The summed E-state index contributed by atoms with van der Waals surface area (Å²) in [7, 11) is 0. The lowest BCUT2D eigenvalue weighted by Gasteiger charge is -2.23. The van der Waals surface area contributed by atoms with Gasteiger partial charge in [-0.2, -0.15) is 0 Å². The maximum absolute atomic E-state index is 5.48. The molecule has 1 aliphatic heterocycles. The zero-order chi connectivity index (χ0) is 12.3. The van der Waals surface area contributed by atoms with Crippen LogP contribution in [0.15, 0.2) is 25.6 Å². The van der Waals surface area contributed by atoms with Gasteiger partial charge in [-0.05, 0) is 62.8 Å². The van der Waals surface area contributed by atoms with Crippen LogP contribution in [0.25, 0.3) is 0 Å². The Morgan fingerprint density at radius 1 is 1.24 bits per heavy atom.